The summed E-state index contributed by atoms with van der Waals surface area (Å²) in [6.45, 7) is 1.55. The predicted octanol–water partition coefficient (Wildman–Crippen LogP) is 2.35. The van der Waals surface area contributed by atoms with Crippen LogP contribution in [0.2, 0.25) is 0 Å². The van der Waals surface area contributed by atoms with Crippen LogP contribution in [-0.2, 0) is 16.0 Å². The third-order valence-corrected chi connectivity index (χ3v) is 8.46. The number of nitrogens with zero attached hydrogens (tertiary/aromatic N) is 2. The number of hydrogen-bond donors (Lipinski definition) is 2. The molecule has 0 spiro atoms. The van der Waals surface area contributed by atoms with Crippen LogP contribution in [0.4, 0.5) is 0 Å². The Kier molecular flexibility index (Phi) is 5.07. The molecule has 7 heteroatoms. The van der Waals surface area contributed by atoms with Gasteiger partial charge in [0.15, 0.2) is 5.96 Å². The van der Waals surface area contributed by atoms with Crippen molar-refractivity contribution in [3.8, 4) is 0 Å². The molecule has 7 nitrogen and oxygen atoms in total. The van der Waals surface area contributed by atoms with E-state index in [1.54, 1.807) is 6.26 Å². The number of amides is 2. The average molecular weight is 437 g/mol. The van der Waals surface area contributed by atoms with Gasteiger partial charge in [0.25, 0.3) is 0 Å². The van der Waals surface area contributed by atoms with Crippen molar-refractivity contribution in [2.75, 3.05) is 19.6 Å². The van der Waals surface area contributed by atoms with E-state index in [0.717, 1.165) is 36.4 Å². The molecule has 7 unspecified atom stereocenters. The number of furan rings is 1. The van der Waals surface area contributed by atoms with Crippen molar-refractivity contribution in [3.63, 3.8) is 0 Å². The molecule has 2 N–H and O–H groups in total. The lowest BCUT2D eigenvalue weighted by atomic mass is 9.85. The second-order valence-corrected chi connectivity index (χ2v) is 10.2. The minimum absolute atomic E-state index is 0.0241. The number of likely N-dealkylation sites (tertiary alicyclic amines) is 1. The minimum Gasteiger partial charge on any atom is -0.469 e. The second-order valence-electron chi connectivity index (χ2n) is 10.2. The molecule has 6 rings (SSSR count). The first-order valence-corrected chi connectivity index (χ1v) is 12.3. The van der Waals surface area contributed by atoms with E-state index in [2.05, 4.69) is 22.8 Å². The summed E-state index contributed by atoms with van der Waals surface area (Å²) in [5.74, 6) is 3.64. The Morgan fingerprint density at radius 2 is 1.91 bits per heavy atom. The maximum absolute atomic E-state index is 12.9. The van der Waals surface area contributed by atoms with E-state index < -0.39 is 0 Å². The first-order chi connectivity index (χ1) is 15.7. The van der Waals surface area contributed by atoms with Gasteiger partial charge in [-0.05, 0) is 61.5 Å². The highest BCUT2D eigenvalue weighted by atomic mass is 16.3. The molecule has 1 saturated heterocycles. The number of nitrogens with one attached hydrogen (secondary N) is 2. The SMILES string of the molecule is O=C1C2C3C=CC(C3)C2C(=O)N1CCNC(=NCCc1ccco1)NC1CC2CCC1C2. The molecule has 0 aromatic carbocycles. The van der Waals surface area contributed by atoms with Gasteiger partial charge in [0, 0.05) is 32.1 Å². The van der Waals surface area contributed by atoms with Gasteiger partial charge in [-0.2, -0.15) is 0 Å². The Balaban J connectivity index is 1.07. The van der Waals surface area contributed by atoms with Gasteiger partial charge >= 0.3 is 0 Å². The summed E-state index contributed by atoms with van der Waals surface area (Å²) in [6, 6.07) is 4.34. The molecule has 5 aliphatic rings. The number of carbonyl (C=O) groups excluding carboxylic acids is 2. The molecule has 3 saturated carbocycles. The zero-order valence-electron chi connectivity index (χ0n) is 18.4. The summed E-state index contributed by atoms with van der Waals surface area (Å²) in [5.41, 5.74) is 0. The lowest BCUT2D eigenvalue weighted by Gasteiger charge is -2.26. The molecule has 2 heterocycles. The van der Waals surface area contributed by atoms with Crippen LogP contribution in [0.15, 0.2) is 40.0 Å². The fourth-order valence-corrected chi connectivity index (χ4v) is 6.95. The zero-order valence-corrected chi connectivity index (χ0v) is 18.4. The summed E-state index contributed by atoms with van der Waals surface area (Å²) in [5, 5.41) is 7.05. The van der Waals surface area contributed by atoms with Crippen LogP contribution >= 0.6 is 0 Å². The van der Waals surface area contributed by atoms with Gasteiger partial charge in [0.2, 0.25) is 11.8 Å². The van der Waals surface area contributed by atoms with Crippen LogP contribution in [-0.4, -0.2) is 48.3 Å². The van der Waals surface area contributed by atoms with E-state index in [9.17, 15) is 9.59 Å². The van der Waals surface area contributed by atoms with Crippen molar-refractivity contribution in [1.29, 1.82) is 0 Å². The average Bonchev–Trinajstić information content (AvgIpc) is 3.62. The van der Waals surface area contributed by atoms with E-state index in [1.165, 1.54) is 30.6 Å². The molecule has 2 amide bonds. The lowest BCUT2D eigenvalue weighted by molar-refractivity contribution is -0.140. The summed E-state index contributed by atoms with van der Waals surface area (Å²) in [7, 11) is 0. The fraction of sp³-hybridized carbons (Fsp3) is 0.640. The highest BCUT2D eigenvalue weighted by molar-refractivity contribution is 6.06. The molecule has 4 fully saturated rings. The number of imide groups is 1. The molecular weight excluding hydrogens is 404 g/mol. The van der Waals surface area contributed by atoms with Gasteiger partial charge in [-0.1, -0.05) is 18.6 Å². The van der Waals surface area contributed by atoms with Crippen molar-refractivity contribution < 1.29 is 14.0 Å². The quantitative estimate of drug-likeness (QED) is 0.297. The summed E-state index contributed by atoms with van der Waals surface area (Å²) < 4.78 is 5.42. The maximum Gasteiger partial charge on any atom is 0.233 e. The van der Waals surface area contributed by atoms with Crippen molar-refractivity contribution in [2.45, 2.75) is 44.6 Å². The van der Waals surface area contributed by atoms with E-state index in [1.807, 2.05) is 12.1 Å². The van der Waals surface area contributed by atoms with Gasteiger partial charge in [0.1, 0.15) is 5.76 Å². The van der Waals surface area contributed by atoms with E-state index >= 15 is 0 Å². The van der Waals surface area contributed by atoms with Crippen molar-refractivity contribution in [3.05, 3.63) is 36.3 Å². The predicted molar refractivity (Wildman–Crippen MR) is 120 cm³/mol. The lowest BCUT2D eigenvalue weighted by Crippen LogP contribution is -2.48. The largest absolute Gasteiger partial charge is 0.469 e. The van der Waals surface area contributed by atoms with Crippen molar-refractivity contribution in [1.82, 2.24) is 15.5 Å². The number of allylic oxidation sites excluding steroid dienone is 2. The van der Waals surface area contributed by atoms with Crippen LogP contribution in [0, 0.1) is 35.5 Å². The molecular formula is C25H32N4O3. The monoisotopic (exact) mass is 436 g/mol. The highest BCUT2D eigenvalue weighted by Crippen LogP contribution is 2.52. The number of rotatable bonds is 7. The second kappa shape index (κ2) is 8.09. The Hall–Kier alpha value is -2.57. The van der Waals surface area contributed by atoms with Crippen LogP contribution in [0.5, 0.6) is 0 Å². The highest BCUT2D eigenvalue weighted by Gasteiger charge is 2.58. The number of guanidine groups is 1. The minimum atomic E-state index is -0.119. The Morgan fingerprint density at radius 3 is 2.56 bits per heavy atom. The van der Waals surface area contributed by atoms with E-state index in [4.69, 9.17) is 9.41 Å². The van der Waals surface area contributed by atoms with Crippen molar-refractivity contribution in [2.24, 2.45) is 40.5 Å². The molecule has 4 aliphatic carbocycles. The van der Waals surface area contributed by atoms with Crippen molar-refractivity contribution >= 4 is 17.8 Å². The number of aliphatic imine (C=N–C) groups is 1. The first-order valence-electron chi connectivity index (χ1n) is 12.3. The Bertz CT molecular complexity index is 909. The zero-order chi connectivity index (χ0) is 21.7. The molecule has 32 heavy (non-hydrogen) atoms. The van der Waals surface area contributed by atoms with Crippen LogP contribution in [0.25, 0.3) is 0 Å². The standard InChI is InChI=1S/C25H32N4O3/c30-23-21-17-5-6-18(14-17)22(21)24(31)29(23)10-9-27-25(26-8-7-19-2-1-11-32-19)28-20-13-15-3-4-16(20)12-15/h1-2,5-6,11,15-18,20-22H,3-4,7-10,12-14H2,(H2,26,27,28). The molecule has 1 aromatic rings. The van der Waals surface area contributed by atoms with Gasteiger partial charge < -0.3 is 15.1 Å². The number of fused-ring (bicyclic) bond motifs is 7. The molecule has 1 aliphatic heterocycles. The Labute approximate surface area is 188 Å². The normalized spacial score (nSPS) is 37.1. The first kappa shape index (κ1) is 20.1. The molecule has 0 radical (unpaired) electrons. The number of hydrogen-bond acceptors (Lipinski definition) is 4. The van der Waals surface area contributed by atoms with Gasteiger partial charge in [-0.15, -0.1) is 0 Å². The molecule has 4 bridgehead atoms. The summed E-state index contributed by atoms with van der Waals surface area (Å²) in [4.78, 5) is 32.1. The molecule has 7 atom stereocenters. The fourth-order valence-electron chi connectivity index (χ4n) is 6.95. The van der Waals surface area contributed by atoms with E-state index in [0.29, 0.717) is 25.7 Å². The maximum atomic E-state index is 12.9. The van der Waals surface area contributed by atoms with Crippen LogP contribution < -0.4 is 10.6 Å². The topological polar surface area (TPSA) is 86.9 Å². The number of carbonyl (C=O) groups is 2. The van der Waals surface area contributed by atoms with E-state index in [-0.39, 0.29) is 35.5 Å². The van der Waals surface area contributed by atoms with Crippen LogP contribution in [0.1, 0.15) is 37.9 Å². The third-order valence-electron chi connectivity index (χ3n) is 8.46. The van der Waals surface area contributed by atoms with Crippen LogP contribution in [0.3, 0.4) is 0 Å². The Morgan fingerprint density at radius 1 is 1.09 bits per heavy atom. The molecule has 1 aromatic heterocycles. The van der Waals surface area contributed by atoms with Gasteiger partial charge in [0.05, 0.1) is 18.1 Å². The smallest absolute Gasteiger partial charge is 0.233 e. The summed E-state index contributed by atoms with van der Waals surface area (Å²) >= 11 is 0. The third kappa shape index (κ3) is 3.46. The van der Waals surface area contributed by atoms with Gasteiger partial charge in [-0.25, -0.2) is 0 Å². The molecule has 170 valence electrons. The van der Waals surface area contributed by atoms with Gasteiger partial charge in [-0.3, -0.25) is 19.5 Å². The summed E-state index contributed by atoms with van der Waals surface area (Å²) in [6.07, 6.45) is 12.9.